The number of nitrogens with zero attached hydrogens (tertiary/aromatic N) is 2. The summed E-state index contributed by atoms with van der Waals surface area (Å²) in [7, 11) is 1.91. The third kappa shape index (κ3) is 4.33. The second-order valence-corrected chi connectivity index (χ2v) is 5.96. The lowest BCUT2D eigenvalue weighted by atomic mass is 9.79. The maximum Gasteiger partial charge on any atom is 0.133 e. The van der Waals surface area contributed by atoms with E-state index in [9.17, 15) is 4.79 Å². The fourth-order valence-corrected chi connectivity index (χ4v) is 1.66. The van der Waals surface area contributed by atoms with E-state index in [-0.39, 0.29) is 5.41 Å². The average molecular weight is 236 g/mol. The molecule has 96 valence electrons. The van der Waals surface area contributed by atoms with Crippen molar-refractivity contribution in [2.24, 2.45) is 18.4 Å². The van der Waals surface area contributed by atoms with Crippen LogP contribution < -0.4 is 0 Å². The smallest absolute Gasteiger partial charge is 0.133 e. The summed E-state index contributed by atoms with van der Waals surface area (Å²) in [6.45, 7) is 8.71. The van der Waals surface area contributed by atoms with Crippen LogP contribution in [0.3, 0.4) is 0 Å². The van der Waals surface area contributed by atoms with Crippen molar-refractivity contribution in [2.75, 3.05) is 0 Å². The molecule has 0 spiro atoms. The van der Waals surface area contributed by atoms with E-state index in [0.717, 1.165) is 12.1 Å². The van der Waals surface area contributed by atoms with Gasteiger partial charge in [0.15, 0.2) is 0 Å². The van der Waals surface area contributed by atoms with Crippen LogP contribution >= 0.6 is 0 Å². The van der Waals surface area contributed by atoms with Crippen molar-refractivity contribution in [3.8, 4) is 0 Å². The van der Waals surface area contributed by atoms with E-state index >= 15 is 0 Å². The molecule has 0 aliphatic rings. The molecule has 0 radical (unpaired) electrons. The fraction of sp³-hybridized carbons (Fsp3) is 0.714. The van der Waals surface area contributed by atoms with E-state index in [1.807, 2.05) is 17.8 Å². The maximum atomic E-state index is 11.9. The summed E-state index contributed by atoms with van der Waals surface area (Å²) in [5, 5.41) is 4.10. The summed E-state index contributed by atoms with van der Waals surface area (Å²) in [5.41, 5.74) is 1.34. The van der Waals surface area contributed by atoms with Gasteiger partial charge in [0.25, 0.3) is 0 Å². The Hall–Kier alpha value is -1.12. The van der Waals surface area contributed by atoms with Gasteiger partial charge in [-0.25, -0.2) is 0 Å². The molecule has 0 N–H and O–H groups in total. The van der Waals surface area contributed by atoms with Crippen LogP contribution in [-0.2, 0) is 18.3 Å². The first kappa shape index (κ1) is 13.9. The molecule has 1 unspecified atom stereocenters. The van der Waals surface area contributed by atoms with Crippen LogP contribution in [0.15, 0.2) is 12.3 Å². The molecule has 0 saturated carbocycles. The molecule has 1 aromatic rings. The lowest BCUT2D eigenvalue weighted by Crippen LogP contribution is -2.20. The zero-order valence-corrected chi connectivity index (χ0v) is 11.7. The highest BCUT2D eigenvalue weighted by Crippen LogP contribution is 2.28. The second-order valence-electron chi connectivity index (χ2n) is 5.96. The van der Waals surface area contributed by atoms with Crippen molar-refractivity contribution in [3.05, 3.63) is 18.0 Å². The van der Waals surface area contributed by atoms with Crippen LogP contribution in [0.5, 0.6) is 0 Å². The molecule has 3 nitrogen and oxygen atoms in total. The topological polar surface area (TPSA) is 34.9 Å². The Kier molecular flexibility index (Phi) is 4.49. The number of rotatable bonds is 5. The van der Waals surface area contributed by atoms with E-state index < -0.39 is 0 Å². The van der Waals surface area contributed by atoms with Crippen LogP contribution in [0.4, 0.5) is 0 Å². The Morgan fingerprint density at radius 3 is 2.59 bits per heavy atom. The number of aryl methyl sites for hydroxylation is 2. The second kappa shape index (κ2) is 5.48. The molecule has 1 aromatic heterocycles. The Balaban J connectivity index is 2.39. The van der Waals surface area contributed by atoms with Crippen molar-refractivity contribution >= 4 is 5.78 Å². The Bertz CT molecular complexity index is 374. The van der Waals surface area contributed by atoms with E-state index in [0.29, 0.717) is 24.5 Å². The summed E-state index contributed by atoms with van der Waals surface area (Å²) < 4.78 is 1.83. The predicted octanol–water partition coefficient (Wildman–Crippen LogP) is 2.99. The minimum absolute atomic E-state index is 0.211. The van der Waals surface area contributed by atoms with Gasteiger partial charge in [0.1, 0.15) is 5.78 Å². The zero-order chi connectivity index (χ0) is 13.1. The van der Waals surface area contributed by atoms with Gasteiger partial charge in [-0.05, 0) is 23.8 Å². The van der Waals surface area contributed by atoms with Crippen molar-refractivity contribution in [3.63, 3.8) is 0 Å². The molecule has 17 heavy (non-hydrogen) atoms. The van der Waals surface area contributed by atoms with Crippen molar-refractivity contribution in [1.82, 2.24) is 9.78 Å². The summed E-state index contributed by atoms with van der Waals surface area (Å²) in [5.74, 6) is 0.787. The number of carbonyl (C=O) groups is 1. The van der Waals surface area contributed by atoms with Crippen molar-refractivity contribution < 1.29 is 4.79 Å². The Morgan fingerprint density at radius 2 is 2.12 bits per heavy atom. The molecule has 1 rings (SSSR count). The minimum atomic E-state index is 0.211. The van der Waals surface area contributed by atoms with Crippen LogP contribution in [-0.4, -0.2) is 15.6 Å². The average Bonchev–Trinajstić information content (AvgIpc) is 2.59. The normalized spacial score (nSPS) is 13.7. The maximum absolute atomic E-state index is 11.9. The molecular weight excluding hydrogens is 212 g/mol. The molecule has 0 bridgehead atoms. The van der Waals surface area contributed by atoms with E-state index in [2.05, 4.69) is 32.8 Å². The van der Waals surface area contributed by atoms with E-state index in [1.54, 1.807) is 6.20 Å². The van der Waals surface area contributed by atoms with Crippen LogP contribution in [0.2, 0.25) is 0 Å². The first-order valence-electron chi connectivity index (χ1n) is 6.29. The van der Waals surface area contributed by atoms with Gasteiger partial charge < -0.3 is 0 Å². The minimum Gasteiger partial charge on any atom is -0.300 e. The quantitative estimate of drug-likeness (QED) is 0.787. The van der Waals surface area contributed by atoms with Gasteiger partial charge >= 0.3 is 0 Å². The highest BCUT2D eigenvalue weighted by atomic mass is 16.1. The lowest BCUT2D eigenvalue weighted by Gasteiger charge is -2.26. The first-order chi connectivity index (χ1) is 7.80. The van der Waals surface area contributed by atoms with E-state index in [4.69, 9.17) is 0 Å². The molecule has 0 aliphatic carbocycles. The Morgan fingerprint density at radius 1 is 1.47 bits per heavy atom. The highest BCUT2D eigenvalue weighted by molar-refractivity contribution is 5.78. The molecule has 1 heterocycles. The molecular formula is C14H24N2O. The number of hydrogen-bond donors (Lipinski definition) is 0. The van der Waals surface area contributed by atoms with Gasteiger partial charge in [-0.1, -0.05) is 27.7 Å². The molecule has 0 aromatic carbocycles. The number of aromatic nitrogens is 2. The number of carbonyl (C=O) groups excluding carboxylic acids is 1. The highest BCUT2D eigenvalue weighted by Gasteiger charge is 2.22. The van der Waals surface area contributed by atoms with Crippen LogP contribution in [0, 0.1) is 11.3 Å². The van der Waals surface area contributed by atoms with Crippen LogP contribution in [0.1, 0.15) is 46.2 Å². The molecule has 0 saturated heterocycles. The number of ketones is 1. The third-order valence-electron chi connectivity index (χ3n) is 3.59. The monoisotopic (exact) mass is 236 g/mol. The third-order valence-corrected chi connectivity index (χ3v) is 3.59. The zero-order valence-electron chi connectivity index (χ0n) is 11.7. The van der Waals surface area contributed by atoms with Gasteiger partial charge in [0.05, 0.1) is 0 Å². The fourth-order valence-electron chi connectivity index (χ4n) is 1.66. The number of hydrogen-bond acceptors (Lipinski definition) is 2. The van der Waals surface area contributed by atoms with Crippen molar-refractivity contribution in [2.45, 2.75) is 47.0 Å². The summed E-state index contributed by atoms with van der Waals surface area (Å²) >= 11 is 0. The molecule has 0 aliphatic heterocycles. The predicted molar refractivity (Wildman–Crippen MR) is 69.8 cm³/mol. The number of Topliss-reactive ketones (excluding diaryl/α,β-unsaturated/α-hetero) is 1. The first-order valence-corrected chi connectivity index (χ1v) is 6.29. The summed E-state index contributed by atoms with van der Waals surface area (Å²) in [6, 6.07) is 1.97. The summed E-state index contributed by atoms with van der Waals surface area (Å²) in [4.78, 5) is 11.9. The molecule has 1 atom stereocenters. The standard InChI is InChI=1S/C14H24N2O/c1-11(14(2,3)4)10-13(17)7-6-12-8-9-15-16(12)5/h8-9,11H,6-7,10H2,1-5H3. The van der Waals surface area contributed by atoms with Gasteiger partial charge in [-0.15, -0.1) is 0 Å². The molecule has 0 fully saturated rings. The lowest BCUT2D eigenvalue weighted by molar-refractivity contribution is -0.120. The van der Waals surface area contributed by atoms with Gasteiger partial charge in [0, 0.05) is 31.8 Å². The SMILES string of the molecule is CC(CC(=O)CCc1ccnn1C)C(C)(C)C. The largest absolute Gasteiger partial charge is 0.300 e. The molecule has 3 heteroatoms. The van der Waals surface area contributed by atoms with Gasteiger partial charge in [-0.2, -0.15) is 5.10 Å². The Labute approximate surface area is 104 Å². The summed E-state index contributed by atoms with van der Waals surface area (Å²) in [6.07, 6.45) is 3.88. The molecule has 0 amide bonds. The van der Waals surface area contributed by atoms with E-state index in [1.165, 1.54) is 0 Å². The van der Waals surface area contributed by atoms with Gasteiger partial charge in [-0.3, -0.25) is 9.48 Å². The van der Waals surface area contributed by atoms with Crippen molar-refractivity contribution in [1.29, 1.82) is 0 Å². The van der Waals surface area contributed by atoms with Crippen LogP contribution in [0.25, 0.3) is 0 Å². The van der Waals surface area contributed by atoms with Gasteiger partial charge in [0.2, 0.25) is 0 Å².